The van der Waals surface area contributed by atoms with Crippen LogP contribution in [0.25, 0.3) is 10.2 Å². The van der Waals surface area contributed by atoms with Crippen LogP contribution in [0.15, 0.2) is 39.9 Å². The van der Waals surface area contributed by atoms with Crippen LogP contribution in [0.4, 0.5) is 0 Å². The maximum atomic E-state index is 12.5. The Kier molecular flexibility index (Phi) is 5.43. The van der Waals surface area contributed by atoms with Gasteiger partial charge in [-0.15, -0.1) is 11.3 Å². The first-order valence-electron chi connectivity index (χ1n) is 8.30. The van der Waals surface area contributed by atoms with Crippen molar-refractivity contribution < 1.29 is 9.53 Å². The van der Waals surface area contributed by atoms with E-state index in [0.29, 0.717) is 27.4 Å². The van der Waals surface area contributed by atoms with Gasteiger partial charge >= 0.3 is 5.69 Å². The topological polar surface area (TPSA) is 108 Å². The molecule has 0 unspecified atom stereocenters. The maximum Gasteiger partial charge on any atom is 0.331 e. The fourth-order valence-electron chi connectivity index (χ4n) is 2.77. The summed E-state index contributed by atoms with van der Waals surface area (Å²) < 4.78 is 7.63. The number of hydrogen-bond acceptors (Lipinski definition) is 6. The monoisotopic (exact) mass is 388 g/mol. The fourth-order valence-corrected chi connectivity index (χ4v) is 3.80. The minimum absolute atomic E-state index is 0.134. The van der Waals surface area contributed by atoms with Gasteiger partial charge in [0.1, 0.15) is 10.6 Å². The molecule has 0 bridgehead atoms. The van der Waals surface area contributed by atoms with Crippen molar-refractivity contribution in [3.8, 4) is 5.75 Å². The second-order valence-corrected chi connectivity index (χ2v) is 6.98. The quantitative estimate of drug-likeness (QED) is 0.645. The summed E-state index contributed by atoms with van der Waals surface area (Å²) in [6, 6.07) is 8.90. The third-order valence-electron chi connectivity index (χ3n) is 4.17. The summed E-state index contributed by atoms with van der Waals surface area (Å²) in [5, 5.41) is 3.16. The number of rotatable bonds is 6. The van der Waals surface area contributed by atoms with Crippen molar-refractivity contribution >= 4 is 27.5 Å². The van der Waals surface area contributed by atoms with Gasteiger partial charge in [0, 0.05) is 26.7 Å². The Balaban J connectivity index is 1.89. The third kappa shape index (κ3) is 3.64. The molecule has 27 heavy (non-hydrogen) atoms. The van der Waals surface area contributed by atoms with Gasteiger partial charge in [-0.2, -0.15) is 0 Å². The molecule has 9 heteroatoms. The first-order chi connectivity index (χ1) is 13.0. The smallest absolute Gasteiger partial charge is 0.331 e. The lowest BCUT2D eigenvalue weighted by molar-refractivity contribution is 0.0955. The Morgan fingerprint density at radius 1 is 1.30 bits per heavy atom. The van der Waals surface area contributed by atoms with E-state index >= 15 is 0 Å². The Bertz CT molecular complexity index is 1110. The number of hydrogen-bond donors (Lipinski definition) is 2. The number of aromatic nitrogens is 2. The molecule has 0 fully saturated rings. The van der Waals surface area contributed by atoms with Crippen molar-refractivity contribution in [3.63, 3.8) is 0 Å². The van der Waals surface area contributed by atoms with Crippen molar-refractivity contribution in [1.29, 1.82) is 0 Å². The Morgan fingerprint density at radius 2 is 2.07 bits per heavy atom. The molecule has 2 aromatic heterocycles. The molecule has 8 nitrogen and oxygen atoms in total. The lowest BCUT2D eigenvalue weighted by Crippen LogP contribution is -2.40. The van der Waals surface area contributed by atoms with E-state index in [0.717, 1.165) is 21.5 Å². The van der Waals surface area contributed by atoms with Crippen molar-refractivity contribution in [2.75, 3.05) is 13.7 Å². The number of thiophene rings is 1. The zero-order valence-corrected chi connectivity index (χ0v) is 15.8. The fraction of sp³-hybridized carbons (Fsp3) is 0.278. The average Bonchev–Trinajstić information content (AvgIpc) is 3.14. The van der Waals surface area contributed by atoms with Crippen LogP contribution in [-0.4, -0.2) is 28.7 Å². The molecule has 0 saturated heterocycles. The lowest BCUT2D eigenvalue weighted by Gasteiger charge is -2.06. The van der Waals surface area contributed by atoms with Gasteiger partial charge in [0.25, 0.3) is 11.5 Å². The lowest BCUT2D eigenvalue weighted by atomic mass is 10.2. The summed E-state index contributed by atoms with van der Waals surface area (Å²) in [4.78, 5) is 38.2. The SMILES string of the molecule is COc1cccc(CNC(=O)c2cc3c(=O)n(CCN)c(=O)n(C)c3s2)c1. The average molecular weight is 388 g/mol. The summed E-state index contributed by atoms with van der Waals surface area (Å²) >= 11 is 1.11. The number of ether oxygens (including phenoxy) is 1. The Morgan fingerprint density at radius 3 is 2.78 bits per heavy atom. The van der Waals surface area contributed by atoms with Gasteiger partial charge in [0.15, 0.2) is 0 Å². The van der Waals surface area contributed by atoms with Crippen molar-refractivity contribution in [3.05, 3.63) is 61.6 Å². The molecular weight excluding hydrogens is 368 g/mol. The molecule has 0 atom stereocenters. The third-order valence-corrected chi connectivity index (χ3v) is 5.38. The highest BCUT2D eigenvalue weighted by Crippen LogP contribution is 2.22. The largest absolute Gasteiger partial charge is 0.497 e. The van der Waals surface area contributed by atoms with E-state index in [9.17, 15) is 14.4 Å². The number of carbonyl (C=O) groups is 1. The van der Waals surface area contributed by atoms with Gasteiger partial charge < -0.3 is 15.8 Å². The summed E-state index contributed by atoms with van der Waals surface area (Å²) in [5.41, 5.74) is 5.50. The predicted octanol–water partition coefficient (Wildman–Crippen LogP) is 0.659. The van der Waals surface area contributed by atoms with E-state index in [1.807, 2.05) is 24.3 Å². The zero-order chi connectivity index (χ0) is 19.6. The van der Waals surface area contributed by atoms with Gasteiger partial charge in [-0.25, -0.2) is 4.79 Å². The number of amides is 1. The predicted molar refractivity (Wildman–Crippen MR) is 105 cm³/mol. The maximum absolute atomic E-state index is 12.5. The highest BCUT2D eigenvalue weighted by atomic mass is 32.1. The zero-order valence-electron chi connectivity index (χ0n) is 15.0. The second-order valence-electron chi connectivity index (χ2n) is 5.95. The normalized spacial score (nSPS) is 10.9. The number of methoxy groups -OCH3 is 1. The van der Waals surface area contributed by atoms with Crippen LogP contribution >= 0.6 is 11.3 Å². The van der Waals surface area contributed by atoms with E-state index in [4.69, 9.17) is 10.5 Å². The Hall–Kier alpha value is -2.91. The van der Waals surface area contributed by atoms with Crippen LogP contribution in [0.2, 0.25) is 0 Å². The van der Waals surface area contributed by atoms with E-state index in [2.05, 4.69) is 5.32 Å². The molecule has 2 heterocycles. The molecule has 142 valence electrons. The van der Waals surface area contributed by atoms with E-state index < -0.39 is 11.2 Å². The molecule has 3 rings (SSSR count). The van der Waals surface area contributed by atoms with Crippen molar-refractivity contribution in [2.45, 2.75) is 13.1 Å². The highest BCUT2D eigenvalue weighted by molar-refractivity contribution is 7.20. The minimum Gasteiger partial charge on any atom is -0.497 e. The number of nitrogens with two attached hydrogens (primary N) is 1. The van der Waals surface area contributed by atoms with E-state index in [1.165, 1.54) is 10.6 Å². The van der Waals surface area contributed by atoms with E-state index in [1.54, 1.807) is 14.2 Å². The molecule has 0 aliphatic rings. The number of carbonyl (C=O) groups excluding carboxylic acids is 1. The van der Waals surface area contributed by atoms with Gasteiger partial charge in [0.05, 0.1) is 17.4 Å². The number of benzene rings is 1. The molecule has 0 spiro atoms. The van der Waals surface area contributed by atoms with Crippen molar-refractivity contribution in [2.24, 2.45) is 12.8 Å². The van der Waals surface area contributed by atoms with Crippen LogP contribution in [0, 0.1) is 0 Å². The molecule has 1 amide bonds. The highest BCUT2D eigenvalue weighted by Gasteiger charge is 2.17. The molecule has 0 radical (unpaired) electrons. The summed E-state index contributed by atoms with van der Waals surface area (Å²) in [6.45, 7) is 0.633. The standard InChI is InChI=1S/C18H20N4O4S/c1-21-17-13(16(24)22(7-6-19)18(21)25)9-14(27-17)15(23)20-10-11-4-3-5-12(8-11)26-2/h3-5,8-9H,6-7,10,19H2,1-2H3,(H,20,23). The van der Waals surface area contributed by atoms with Crippen LogP contribution in [0.5, 0.6) is 5.75 Å². The molecule has 3 N–H and O–H groups in total. The molecule has 1 aromatic carbocycles. The van der Waals surface area contributed by atoms with Crippen LogP contribution in [-0.2, 0) is 20.1 Å². The van der Waals surface area contributed by atoms with Gasteiger partial charge in [0.2, 0.25) is 0 Å². The molecule has 0 aliphatic carbocycles. The van der Waals surface area contributed by atoms with Crippen LogP contribution in [0.1, 0.15) is 15.2 Å². The molecule has 0 saturated carbocycles. The molecule has 0 aliphatic heterocycles. The van der Waals surface area contributed by atoms with Gasteiger partial charge in [-0.05, 0) is 23.8 Å². The number of fused-ring (bicyclic) bond motifs is 1. The number of nitrogens with one attached hydrogen (secondary N) is 1. The van der Waals surface area contributed by atoms with Crippen molar-refractivity contribution in [1.82, 2.24) is 14.5 Å². The second kappa shape index (κ2) is 7.77. The number of aryl methyl sites for hydroxylation is 1. The molecular formula is C18H20N4O4S. The minimum atomic E-state index is -0.442. The van der Waals surface area contributed by atoms with E-state index in [-0.39, 0.29) is 19.0 Å². The summed E-state index contributed by atoms with van der Waals surface area (Å²) in [6.07, 6.45) is 0. The van der Waals surface area contributed by atoms with Gasteiger partial charge in [-0.1, -0.05) is 12.1 Å². The van der Waals surface area contributed by atoms with Crippen LogP contribution < -0.4 is 27.0 Å². The first kappa shape index (κ1) is 18.9. The number of nitrogens with zero attached hydrogens (tertiary/aromatic N) is 2. The van der Waals surface area contributed by atoms with Gasteiger partial charge in [-0.3, -0.25) is 18.7 Å². The Labute approximate surface area is 158 Å². The van der Waals surface area contributed by atoms with Crippen LogP contribution in [0.3, 0.4) is 0 Å². The summed E-state index contributed by atoms with van der Waals surface area (Å²) in [7, 11) is 3.15. The summed E-state index contributed by atoms with van der Waals surface area (Å²) in [5.74, 6) is 0.398. The molecule has 3 aromatic rings. The first-order valence-corrected chi connectivity index (χ1v) is 9.12.